The normalized spacial score (nSPS) is 17.9. The summed E-state index contributed by atoms with van der Waals surface area (Å²) in [5.41, 5.74) is 1.50. The summed E-state index contributed by atoms with van der Waals surface area (Å²) in [7, 11) is 3.25. The second-order valence-electron chi connectivity index (χ2n) is 3.97. The zero-order valence-electron chi connectivity index (χ0n) is 10.1. The van der Waals surface area contributed by atoms with E-state index in [0.29, 0.717) is 5.92 Å². The molecule has 0 amide bonds. The van der Waals surface area contributed by atoms with Gasteiger partial charge in [0, 0.05) is 23.0 Å². The summed E-state index contributed by atoms with van der Waals surface area (Å²) in [4.78, 5) is 0. The second kappa shape index (κ2) is 6.25. The molecule has 1 N–H and O–H groups in total. The highest BCUT2D eigenvalue weighted by molar-refractivity contribution is 6.22. The fraction of sp³-hybridized carbons (Fsp3) is 0.818. The van der Waals surface area contributed by atoms with Gasteiger partial charge in [0.2, 0.25) is 0 Å². The predicted octanol–water partition coefficient (Wildman–Crippen LogP) is 1.88. The van der Waals surface area contributed by atoms with Gasteiger partial charge in [-0.3, -0.25) is 0 Å². The molecule has 0 rings (SSSR count). The molecule has 0 aromatic carbocycles. The summed E-state index contributed by atoms with van der Waals surface area (Å²) >= 11 is 0. The highest BCUT2D eigenvalue weighted by atomic mass is 28.1. The summed E-state index contributed by atoms with van der Waals surface area (Å²) in [5.74, 6) is 1.47. The number of allylic oxidation sites excluding steroid dienone is 2. The largest absolute Gasteiger partial charge is 0.392 e. The van der Waals surface area contributed by atoms with Crippen LogP contribution in [-0.4, -0.2) is 17.3 Å². The lowest BCUT2D eigenvalue weighted by Crippen LogP contribution is -2.19. The first-order valence-electron chi connectivity index (χ1n) is 5.46. The number of hydrogen-bond donors (Lipinski definition) is 1. The van der Waals surface area contributed by atoms with Crippen molar-refractivity contribution in [3.8, 4) is 0 Å². The summed E-state index contributed by atoms with van der Waals surface area (Å²) in [5, 5.41) is 5.05. The van der Waals surface area contributed by atoms with Crippen LogP contribution < -0.4 is 5.32 Å². The Bertz CT molecular complexity index is 175. The monoisotopic (exact) mass is 199 g/mol. The molecule has 1 nitrogen and oxygen atoms in total. The van der Waals surface area contributed by atoms with E-state index in [1.54, 1.807) is 5.20 Å². The van der Waals surface area contributed by atoms with Gasteiger partial charge in [0.05, 0.1) is 0 Å². The van der Waals surface area contributed by atoms with E-state index in [0.717, 1.165) is 5.92 Å². The van der Waals surface area contributed by atoms with E-state index >= 15 is 0 Å². The molecule has 0 aliphatic carbocycles. The Hall–Kier alpha value is -0.243. The van der Waals surface area contributed by atoms with Crippen LogP contribution in [0.4, 0.5) is 0 Å². The van der Waals surface area contributed by atoms with Crippen LogP contribution >= 0.6 is 0 Å². The molecule has 13 heavy (non-hydrogen) atoms. The Morgan fingerprint density at radius 1 is 1.15 bits per heavy atom. The average Bonchev–Trinajstić information content (AvgIpc) is 2.17. The molecule has 0 aliphatic rings. The highest BCUT2D eigenvalue weighted by Crippen LogP contribution is 2.20. The zero-order valence-corrected chi connectivity index (χ0v) is 12.1. The van der Waals surface area contributed by atoms with Crippen molar-refractivity contribution >= 4 is 10.2 Å². The van der Waals surface area contributed by atoms with Crippen molar-refractivity contribution in [2.45, 2.75) is 40.5 Å². The number of rotatable bonds is 5. The summed E-state index contributed by atoms with van der Waals surface area (Å²) in [6.07, 6.45) is 2.50. The molecule has 0 aromatic rings. The Morgan fingerprint density at radius 2 is 1.62 bits per heavy atom. The van der Waals surface area contributed by atoms with Gasteiger partial charge in [0.1, 0.15) is 0 Å². The minimum atomic E-state index is 0.700. The lowest BCUT2D eigenvalue weighted by Gasteiger charge is -2.21. The molecule has 78 valence electrons. The Labute approximate surface area is 86.4 Å². The van der Waals surface area contributed by atoms with Crippen molar-refractivity contribution < 1.29 is 0 Å². The van der Waals surface area contributed by atoms with Gasteiger partial charge < -0.3 is 5.32 Å². The van der Waals surface area contributed by atoms with Crippen molar-refractivity contribution in [3.05, 3.63) is 10.9 Å². The van der Waals surface area contributed by atoms with E-state index in [1.807, 2.05) is 0 Å². The third-order valence-electron chi connectivity index (χ3n) is 3.15. The van der Waals surface area contributed by atoms with Crippen LogP contribution in [0.15, 0.2) is 10.9 Å². The van der Waals surface area contributed by atoms with Gasteiger partial charge in [-0.1, -0.05) is 39.3 Å². The Kier molecular flexibility index (Phi) is 6.13. The van der Waals surface area contributed by atoms with Crippen molar-refractivity contribution in [1.82, 2.24) is 5.32 Å². The Morgan fingerprint density at radius 3 is 1.92 bits per heavy atom. The molecule has 0 saturated carbocycles. The lowest BCUT2D eigenvalue weighted by atomic mass is 9.99. The molecular formula is C11H25NSi. The van der Waals surface area contributed by atoms with Crippen LogP contribution in [0.1, 0.15) is 40.5 Å². The molecule has 0 aliphatic heterocycles. The van der Waals surface area contributed by atoms with Crippen LogP contribution in [0.3, 0.4) is 0 Å². The van der Waals surface area contributed by atoms with E-state index in [2.05, 4.69) is 40.1 Å². The minimum Gasteiger partial charge on any atom is -0.392 e. The topological polar surface area (TPSA) is 12.0 Å². The van der Waals surface area contributed by atoms with Crippen LogP contribution in [0.2, 0.25) is 0 Å². The van der Waals surface area contributed by atoms with Gasteiger partial charge in [-0.2, -0.15) is 0 Å². The molecule has 0 fully saturated rings. The van der Waals surface area contributed by atoms with Crippen molar-refractivity contribution in [2.24, 2.45) is 11.8 Å². The summed E-state index contributed by atoms with van der Waals surface area (Å²) in [6.45, 7) is 9.17. The van der Waals surface area contributed by atoms with Crippen LogP contribution in [0, 0.1) is 11.8 Å². The maximum Gasteiger partial charge on any atom is 0.0359 e. The standard InChI is InChI=1S/C11H25NSi/c1-6-8(3)10(12-5)11(13)9(4)7-2/h8-9,12H,6-7H2,1-5,13H3. The molecule has 0 bridgehead atoms. The maximum absolute atomic E-state index is 3.38. The van der Waals surface area contributed by atoms with Gasteiger partial charge in [-0.05, 0) is 18.3 Å². The molecule has 0 heterocycles. The number of hydrogen-bond acceptors (Lipinski definition) is 1. The first-order chi connectivity index (χ1) is 6.08. The average molecular weight is 199 g/mol. The summed E-state index contributed by atoms with van der Waals surface area (Å²) < 4.78 is 0. The summed E-state index contributed by atoms with van der Waals surface area (Å²) in [6, 6.07) is 0. The molecular weight excluding hydrogens is 174 g/mol. The first kappa shape index (κ1) is 12.8. The molecule has 0 spiro atoms. The number of nitrogens with one attached hydrogen (secondary N) is 1. The predicted molar refractivity (Wildman–Crippen MR) is 64.9 cm³/mol. The van der Waals surface area contributed by atoms with Crippen molar-refractivity contribution in [3.63, 3.8) is 0 Å². The zero-order chi connectivity index (χ0) is 10.4. The van der Waals surface area contributed by atoms with Gasteiger partial charge in [-0.25, -0.2) is 0 Å². The van der Waals surface area contributed by atoms with E-state index in [9.17, 15) is 0 Å². The van der Waals surface area contributed by atoms with Crippen LogP contribution in [0.25, 0.3) is 0 Å². The fourth-order valence-electron chi connectivity index (χ4n) is 1.61. The van der Waals surface area contributed by atoms with Crippen molar-refractivity contribution in [1.29, 1.82) is 0 Å². The van der Waals surface area contributed by atoms with Gasteiger partial charge in [0.15, 0.2) is 0 Å². The van der Waals surface area contributed by atoms with Gasteiger partial charge in [0.25, 0.3) is 0 Å². The Balaban J connectivity index is 4.67. The molecule has 2 heteroatoms. The SMILES string of the molecule is CCC(C)C([SiH3])=C(NC)C(C)CC. The van der Waals surface area contributed by atoms with Crippen molar-refractivity contribution in [2.75, 3.05) is 7.05 Å². The van der Waals surface area contributed by atoms with Gasteiger partial charge in [-0.15, -0.1) is 0 Å². The highest BCUT2D eigenvalue weighted by Gasteiger charge is 2.11. The van der Waals surface area contributed by atoms with E-state index in [-0.39, 0.29) is 0 Å². The van der Waals surface area contributed by atoms with E-state index < -0.39 is 0 Å². The van der Waals surface area contributed by atoms with E-state index in [4.69, 9.17) is 0 Å². The van der Waals surface area contributed by atoms with Gasteiger partial charge >= 0.3 is 0 Å². The third kappa shape index (κ3) is 3.55. The molecule has 0 aromatic heterocycles. The smallest absolute Gasteiger partial charge is 0.0359 e. The molecule has 2 unspecified atom stereocenters. The minimum absolute atomic E-state index is 0.700. The van der Waals surface area contributed by atoms with Crippen LogP contribution in [0.5, 0.6) is 0 Å². The fourth-order valence-corrected chi connectivity index (χ4v) is 2.76. The quantitative estimate of drug-likeness (QED) is 0.667. The molecule has 0 saturated heterocycles. The molecule has 2 atom stereocenters. The molecule has 0 radical (unpaired) electrons. The lowest BCUT2D eigenvalue weighted by molar-refractivity contribution is 0.580. The first-order valence-corrected chi connectivity index (χ1v) is 6.46. The third-order valence-corrected chi connectivity index (χ3v) is 4.68. The van der Waals surface area contributed by atoms with Crippen LogP contribution in [-0.2, 0) is 0 Å². The van der Waals surface area contributed by atoms with E-state index in [1.165, 1.54) is 28.8 Å². The maximum atomic E-state index is 3.38. The second-order valence-corrected chi connectivity index (χ2v) is 5.04.